The highest BCUT2D eigenvalue weighted by Crippen LogP contribution is 2.40. The number of hydrogen-bond acceptors (Lipinski definition) is 6. The Bertz CT molecular complexity index is 1460. The molecule has 0 aliphatic carbocycles. The lowest BCUT2D eigenvalue weighted by Crippen LogP contribution is -2.29. The van der Waals surface area contributed by atoms with Crippen molar-refractivity contribution in [2.24, 2.45) is 0 Å². The van der Waals surface area contributed by atoms with Crippen LogP contribution < -0.4 is 25.0 Å². The van der Waals surface area contributed by atoms with E-state index in [0.29, 0.717) is 58.2 Å². The minimum absolute atomic E-state index is 0.0130. The Morgan fingerprint density at radius 3 is 2.42 bits per heavy atom. The molecule has 0 bridgehead atoms. The Kier molecular flexibility index (Phi) is 6.85. The third-order valence-electron chi connectivity index (χ3n) is 6.33. The number of benzene rings is 3. The van der Waals surface area contributed by atoms with Crippen molar-refractivity contribution in [2.75, 3.05) is 43.2 Å². The number of halogens is 1. The van der Waals surface area contributed by atoms with Gasteiger partial charge < -0.3 is 29.9 Å². The average Bonchev–Trinajstić information content (AvgIpc) is 3.24. The van der Waals surface area contributed by atoms with Crippen molar-refractivity contribution in [3.8, 4) is 11.5 Å². The second kappa shape index (κ2) is 10.4. The van der Waals surface area contributed by atoms with E-state index in [1.807, 2.05) is 49.3 Å². The van der Waals surface area contributed by atoms with Crippen LogP contribution in [0.3, 0.4) is 0 Å². The van der Waals surface area contributed by atoms with Crippen molar-refractivity contribution >= 4 is 40.1 Å². The van der Waals surface area contributed by atoms with Crippen molar-refractivity contribution in [3.63, 3.8) is 0 Å². The van der Waals surface area contributed by atoms with Gasteiger partial charge in [-0.05, 0) is 74.8 Å². The number of rotatable bonds is 7. The highest BCUT2D eigenvalue weighted by atomic mass is 19.1. The fourth-order valence-electron chi connectivity index (χ4n) is 4.27. The van der Waals surface area contributed by atoms with Crippen molar-refractivity contribution in [3.05, 3.63) is 90.1 Å². The molecule has 194 valence electrons. The number of amides is 2. The smallest absolute Gasteiger partial charge is 0.258 e. The van der Waals surface area contributed by atoms with Crippen LogP contribution in [0, 0.1) is 5.82 Å². The van der Waals surface area contributed by atoms with Crippen LogP contribution in [0.4, 0.5) is 21.5 Å². The molecular formula is C29H27FN4O4. The lowest BCUT2D eigenvalue weighted by Gasteiger charge is -2.20. The summed E-state index contributed by atoms with van der Waals surface area (Å²) in [5.41, 5.74) is 3.98. The fraction of sp³-hybridized carbons (Fsp3) is 0.172. The van der Waals surface area contributed by atoms with E-state index in [9.17, 15) is 14.0 Å². The lowest BCUT2D eigenvalue weighted by molar-refractivity contribution is -0.118. The highest BCUT2D eigenvalue weighted by Gasteiger charge is 2.29. The van der Waals surface area contributed by atoms with Gasteiger partial charge in [0.2, 0.25) is 5.91 Å². The topological polar surface area (TPSA) is 83.1 Å². The van der Waals surface area contributed by atoms with Gasteiger partial charge >= 0.3 is 0 Å². The van der Waals surface area contributed by atoms with E-state index in [1.54, 1.807) is 30.1 Å². The summed E-state index contributed by atoms with van der Waals surface area (Å²) in [6, 6.07) is 16.9. The van der Waals surface area contributed by atoms with E-state index in [2.05, 4.69) is 10.6 Å². The summed E-state index contributed by atoms with van der Waals surface area (Å²) < 4.78 is 24.9. The van der Waals surface area contributed by atoms with Crippen LogP contribution in [-0.4, -0.2) is 44.4 Å². The molecule has 3 aromatic carbocycles. The highest BCUT2D eigenvalue weighted by molar-refractivity contribution is 6.37. The summed E-state index contributed by atoms with van der Waals surface area (Å²) in [6.07, 6.45) is 3.29. The monoisotopic (exact) mass is 514 g/mol. The minimum atomic E-state index is -0.439. The maximum absolute atomic E-state index is 13.9. The SMILES string of the molecule is CN(C)CCC(=O)N(C)c1ccc(N/C(=C2\C(=O)Nc3cc(F)ccc32)c2ccc3c(c2)OC=CO3)cc1. The number of fused-ring (bicyclic) bond motifs is 2. The third-order valence-corrected chi connectivity index (χ3v) is 6.33. The second-order valence-corrected chi connectivity index (χ2v) is 9.24. The first-order valence-corrected chi connectivity index (χ1v) is 12.1. The molecule has 38 heavy (non-hydrogen) atoms. The zero-order valence-electron chi connectivity index (χ0n) is 21.2. The van der Waals surface area contributed by atoms with Crippen LogP contribution in [0.1, 0.15) is 17.5 Å². The van der Waals surface area contributed by atoms with E-state index in [1.165, 1.54) is 24.7 Å². The average molecular weight is 515 g/mol. The van der Waals surface area contributed by atoms with Gasteiger partial charge in [0.15, 0.2) is 11.5 Å². The Hall–Kier alpha value is -4.63. The van der Waals surface area contributed by atoms with Crippen LogP contribution in [0.2, 0.25) is 0 Å². The number of carbonyl (C=O) groups is 2. The van der Waals surface area contributed by atoms with Crippen molar-refractivity contribution in [1.29, 1.82) is 0 Å². The number of nitrogens with zero attached hydrogens (tertiary/aromatic N) is 2. The molecule has 0 fully saturated rings. The standard InChI is InChI=1S/C29H27FN4O4/c1-33(2)13-12-26(35)34(3)21-8-6-20(7-9-21)31-28(18-4-11-24-25(16-18)38-15-14-37-24)27-22-10-5-19(30)17-23(22)32-29(27)36/h4-11,14-17,31H,12-13H2,1-3H3,(H,32,36)/b28-27-. The fourth-order valence-corrected chi connectivity index (χ4v) is 4.27. The molecule has 0 unspecified atom stereocenters. The van der Waals surface area contributed by atoms with E-state index in [0.717, 1.165) is 5.69 Å². The first-order chi connectivity index (χ1) is 18.3. The van der Waals surface area contributed by atoms with E-state index < -0.39 is 5.82 Å². The first kappa shape index (κ1) is 25.0. The predicted octanol–water partition coefficient (Wildman–Crippen LogP) is 4.92. The second-order valence-electron chi connectivity index (χ2n) is 9.24. The molecular weight excluding hydrogens is 487 g/mol. The summed E-state index contributed by atoms with van der Waals surface area (Å²) in [6.45, 7) is 0.665. The molecule has 0 aromatic heterocycles. The zero-order valence-corrected chi connectivity index (χ0v) is 21.2. The van der Waals surface area contributed by atoms with Gasteiger partial charge in [-0.1, -0.05) is 0 Å². The predicted molar refractivity (Wildman–Crippen MR) is 145 cm³/mol. The van der Waals surface area contributed by atoms with Gasteiger partial charge in [-0.3, -0.25) is 9.59 Å². The molecule has 0 atom stereocenters. The maximum Gasteiger partial charge on any atom is 0.258 e. The molecule has 0 spiro atoms. The molecule has 0 saturated heterocycles. The van der Waals surface area contributed by atoms with Gasteiger partial charge in [-0.2, -0.15) is 0 Å². The Morgan fingerprint density at radius 2 is 1.68 bits per heavy atom. The Labute approximate surface area is 220 Å². The van der Waals surface area contributed by atoms with Gasteiger partial charge in [-0.15, -0.1) is 0 Å². The summed E-state index contributed by atoms with van der Waals surface area (Å²) >= 11 is 0. The van der Waals surface area contributed by atoms with E-state index in [-0.39, 0.29) is 11.8 Å². The van der Waals surface area contributed by atoms with E-state index in [4.69, 9.17) is 9.47 Å². The molecule has 2 aliphatic heterocycles. The largest absolute Gasteiger partial charge is 0.458 e. The normalized spacial score (nSPS) is 14.7. The van der Waals surface area contributed by atoms with Crippen molar-refractivity contribution in [1.82, 2.24) is 4.90 Å². The first-order valence-electron chi connectivity index (χ1n) is 12.1. The number of hydrogen-bond donors (Lipinski definition) is 2. The van der Waals surface area contributed by atoms with Crippen molar-refractivity contribution < 1.29 is 23.5 Å². The minimum Gasteiger partial charge on any atom is -0.458 e. The van der Waals surface area contributed by atoms with Gasteiger partial charge in [0.05, 0.1) is 17.0 Å². The van der Waals surface area contributed by atoms with Gasteiger partial charge in [0.1, 0.15) is 18.3 Å². The van der Waals surface area contributed by atoms with Crippen LogP contribution in [0.5, 0.6) is 11.5 Å². The number of ether oxygens (including phenoxy) is 2. The van der Waals surface area contributed by atoms with Crippen LogP contribution in [-0.2, 0) is 9.59 Å². The maximum atomic E-state index is 13.9. The Morgan fingerprint density at radius 1 is 0.947 bits per heavy atom. The summed E-state index contributed by atoms with van der Waals surface area (Å²) in [5.74, 6) is 0.261. The number of carbonyl (C=O) groups excluding carboxylic acids is 2. The van der Waals surface area contributed by atoms with Crippen LogP contribution in [0.15, 0.2) is 73.2 Å². The molecule has 0 radical (unpaired) electrons. The third kappa shape index (κ3) is 5.09. The summed E-state index contributed by atoms with van der Waals surface area (Å²) in [7, 11) is 5.60. The number of anilines is 3. The molecule has 5 rings (SSSR count). The molecule has 3 aromatic rings. The summed E-state index contributed by atoms with van der Waals surface area (Å²) in [5, 5.41) is 6.12. The molecule has 2 aliphatic rings. The molecule has 9 heteroatoms. The van der Waals surface area contributed by atoms with Gasteiger partial charge in [0, 0.05) is 42.5 Å². The number of nitrogens with one attached hydrogen (secondary N) is 2. The van der Waals surface area contributed by atoms with Crippen LogP contribution >= 0.6 is 0 Å². The zero-order chi connectivity index (χ0) is 26.8. The van der Waals surface area contributed by atoms with Crippen molar-refractivity contribution in [2.45, 2.75) is 6.42 Å². The van der Waals surface area contributed by atoms with E-state index >= 15 is 0 Å². The van der Waals surface area contributed by atoms with Crippen LogP contribution in [0.25, 0.3) is 11.3 Å². The quantitative estimate of drug-likeness (QED) is 0.436. The molecule has 2 N–H and O–H groups in total. The lowest BCUT2D eigenvalue weighted by atomic mass is 9.99. The van der Waals surface area contributed by atoms with Gasteiger partial charge in [-0.25, -0.2) is 4.39 Å². The molecule has 2 amide bonds. The molecule has 2 heterocycles. The molecule has 0 saturated carbocycles. The summed E-state index contributed by atoms with van der Waals surface area (Å²) in [4.78, 5) is 29.2. The van der Waals surface area contributed by atoms with Gasteiger partial charge in [0.25, 0.3) is 5.91 Å². The Balaban J connectivity index is 1.50. The molecule has 8 nitrogen and oxygen atoms in total.